The number of nitrogens with zero attached hydrogens (tertiary/aromatic N) is 2. The average Bonchev–Trinajstić information content (AvgIpc) is 2.43. The van der Waals surface area contributed by atoms with Gasteiger partial charge in [0, 0.05) is 38.3 Å². The van der Waals surface area contributed by atoms with Crippen LogP contribution in [0.3, 0.4) is 0 Å². The molecule has 0 amide bonds. The number of halogens is 3. The van der Waals surface area contributed by atoms with Crippen molar-refractivity contribution < 1.29 is 18.3 Å². The molecule has 1 aromatic rings. The Morgan fingerprint density at radius 2 is 2.19 bits per heavy atom. The number of rotatable bonds is 2. The van der Waals surface area contributed by atoms with Crippen molar-refractivity contribution >= 4 is 0 Å². The second-order valence-corrected chi connectivity index (χ2v) is 4.18. The molecule has 0 unspecified atom stereocenters. The molecular formula is C9H12F3N3O. The average molecular weight is 235 g/mol. The molecular weight excluding hydrogens is 223 g/mol. The van der Waals surface area contributed by atoms with Crippen LogP contribution in [0.25, 0.3) is 0 Å². The molecule has 1 aromatic heterocycles. The minimum Gasteiger partial charge on any atom is -0.387 e. The van der Waals surface area contributed by atoms with Crippen molar-refractivity contribution in [2.75, 3.05) is 13.1 Å². The summed E-state index contributed by atoms with van der Waals surface area (Å²) in [6.07, 6.45) is -3.19. The second-order valence-electron chi connectivity index (χ2n) is 4.18. The Morgan fingerprint density at radius 3 is 2.62 bits per heavy atom. The molecule has 0 aromatic carbocycles. The molecule has 0 aliphatic carbocycles. The minimum absolute atomic E-state index is 0.0251. The van der Waals surface area contributed by atoms with Gasteiger partial charge in [-0.1, -0.05) is 0 Å². The van der Waals surface area contributed by atoms with Crippen LogP contribution in [-0.4, -0.2) is 33.6 Å². The van der Waals surface area contributed by atoms with E-state index in [2.05, 4.69) is 10.4 Å². The SMILES string of the molecule is Cn1cc(CC2(O)CNC2)c(C(F)(F)F)n1. The zero-order valence-corrected chi connectivity index (χ0v) is 8.67. The molecule has 1 aliphatic rings. The number of aryl methyl sites for hydroxylation is 1. The lowest BCUT2D eigenvalue weighted by Crippen LogP contribution is -2.60. The van der Waals surface area contributed by atoms with Crippen molar-refractivity contribution in [3.8, 4) is 0 Å². The number of β-amino-alcohol motifs (C(OH)–C–C–N with tert-alkyl or cyclic N) is 1. The molecule has 90 valence electrons. The van der Waals surface area contributed by atoms with E-state index in [1.54, 1.807) is 0 Å². The highest BCUT2D eigenvalue weighted by Gasteiger charge is 2.41. The van der Waals surface area contributed by atoms with E-state index in [0.29, 0.717) is 13.1 Å². The fraction of sp³-hybridized carbons (Fsp3) is 0.667. The Bertz CT molecular complexity index is 395. The first-order valence-electron chi connectivity index (χ1n) is 4.83. The second kappa shape index (κ2) is 3.46. The molecule has 2 rings (SSSR count). The van der Waals surface area contributed by atoms with E-state index in [-0.39, 0.29) is 12.0 Å². The van der Waals surface area contributed by atoms with E-state index in [4.69, 9.17) is 0 Å². The fourth-order valence-corrected chi connectivity index (χ4v) is 1.80. The minimum atomic E-state index is -4.47. The molecule has 0 bridgehead atoms. The maximum absolute atomic E-state index is 12.6. The van der Waals surface area contributed by atoms with Gasteiger partial charge in [0.25, 0.3) is 0 Å². The summed E-state index contributed by atoms with van der Waals surface area (Å²) in [7, 11) is 1.43. The summed E-state index contributed by atoms with van der Waals surface area (Å²) >= 11 is 0. The molecule has 2 heterocycles. The quantitative estimate of drug-likeness (QED) is 0.776. The maximum Gasteiger partial charge on any atom is 0.435 e. The van der Waals surface area contributed by atoms with E-state index in [0.717, 1.165) is 4.68 Å². The zero-order valence-electron chi connectivity index (χ0n) is 8.67. The van der Waals surface area contributed by atoms with Crippen LogP contribution in [0.1, 0.15) is 11.3 Å². The van der Waals surface area contributed by atoms with Crippen LogP contribution in [0, 0.1) is 0 Å². The predicted molar refractivity (Wildman–Crippen MR) is 49.7 cm³/mol. The van der Waals surface area contributed by atoms with E-state index in [1.807, 2.05) is 0 Å². The van der Waals surface area contributed by atoms with Gasteiger partial charge in [-0.3, -0.25) is 4.68 Å². The monoisotopic (exact) mass is 235 g/mol. The number of hydrogen-bond acceptors (Lipinski definition) is 3. The van der Waals surface area contributed by atoms with Gasteiger partial charge in [-0.2, -0.15) is 18.3 Å². The molecule has 0 atom stereocenters. The van der Waals surface area contributed by atoms with Crippen molar-refractivity contribution in [3.63, 3.8) is 0 Å². The molecule has 0 saturated carbocycles. The first-order valence-corrected chi connectivity index (χ1v) is 4.83. The molecule has 1 saturated heterocycles. The molecule has 0 spiro atoms. The zero-order chi connectivity index (χ0) is 12.0. The Kier molecular flexibility index (Phi) is 2.47. The van der Waals surface area contributed by atoms with Crippen molar-refractivity contribution in [1.29, 1.82) is 0 Å². The number of nitrogens with one attached hydrogen (secondary N) is 1. The van der Waals surface area contributed by atoms with Crippen LogP contribution in [0.4, 0.5) is 13.2 Å². The summed E-state index contributed by atoms with van der Waals surface area (Å²) < 4.78 is 38.9. The summed E-state index contributed by atoms with van der Waals surface area (Å²) in [4.78, 5) is 0. The van der Waals surface area contributed by atoms with Gasteiger partial charge < -0.3 is 10.4 Å². The van der Waals surface area contributed by atoms with Crippen LogP contribution in [0.2, 0.25) is 0 Å². The largest absolute Gasteiger partial charge is 0.435 e. The summed E-state index contributed by atoms with van der Waals surface area (Å²) in [5.41, 5.74) is -1.93. The number of hydrogen-bond donors (Lipinski definition) is 2. The Labute approximate surface area is 90.1 Å². The Morgan fingerprint density at radius 1 is 1.56 bits per heavy atom. The van der Waals surface area contributed by atoms with Crippen molar-refractivity contribution in [1.82, 2.24) is 15.1 Å². The highest BCUT2D eigenvalue weighted by Crippen LogP contribution is 2.32. The van der Waals surface area contributed by atoms with Gasteiger partial charge in [0.15, 0.2) is 5.69 Å². The molecule has 16 heavy (non-hydrogen) atoms. The molecule has 0 radical (unpaired) electrons. The fourth-order valence-electron chi connectivity index (χ4n) is 1.80. The smallest absolute Gasteiger partial charge is 0.387 e. The van der Waals surface area contributed by atoms with Gasteiger partial charge >= 0.3 is 6.18 Å². The van der Waals surface area contributed by atoms with Crippen molar-refractivity contribution in [2.24, 2.45) is 7.05 Å². The van der Waals surface area contributed by atoms with Gasteiger partial charge in [0.1, 0.15) is 0 Å². The summed E-state index contributed by atoms with van der Waals surface area (Å²) in [6.45, 7) is 0.637. The highest BCUT2D eigenvalue weighted by molar-refractivity contribution is 5.23. The van der Waals surface area contributed by atoms with Crippen molar-refractivity contribution in [2.45, 2.75) is 18.2 Å². The van der Waals surface area contributed by atoms with Gasteiger partial charge in [-0.05, 0) is 0 Å². The van der Waals surface area contributed by atoms with Gasteiger partial charge in [-0.25, -0.2) is 0 Å². The summed E-state index contributed by atoms with van der Waals surface area (Å²) in [5, 5.41) is 16.0. The third-order valence-electron chi connectivity index (χ3n) is 2.60. The van der Waals surface area contributed by atoms with E-state index in [9.17, 15) is 18.3 Å². The molecule has 4 nitrogen and oxygen atoms in total. The van der Waals surface area contributed by atoms with Gasteiger partial charge in [0.2, 0.25) is 0 Å². The molecule has 2 N–H and O–H groups in total. The number of aliphatic hydroxyl groups is 1. The van der Waals surface area contributed by atoms with Crippen molar-refractivity contribution in [3.05, 3.63) is 17.5 Å². The molecule has 7 heteroatoms. The lowest BCUT2D eigenvalue weighted by molar-refractivity contribution is -0.142. The van der Waals surface area contributed by atoms with E-state index < -0.39 is 17.5 Å². The van der Waals surface area contributed by atoms with Crippen LogP contribution in [0.15, 0.2) is 6.20 Å². The number of aromatic nitrogens is 2. The highest BCUT2D eigenvalue weighted by atomic mass is 19.4. The lowest BCUT2D eigenvalue weighted by atomic mass is 9.89. The van der Waals surface area contributed by atoms with Crippen LogP contribution < -0.4 is 5.32 Å². The third-order valence-corrected chi connectivity index (χ3v) is 2.60. The summed E-state index contributed by atoms with van der Waals surface area (Å²) in [5.74, 6) is 0. The molecule has 1 aliphatic heterocycles. The van der Waals surface area contributed by atoms with Crippen LogP contribution >= 0.6 is 0 Å². The topological polar surface area (TPSA) is 50.1 Å². The van der Waals surface area contributed by atoms with Gasteiger partial charge in [0.05, 0.1) is 5.60 Å². The Hall–Kier alpha value is -1.08. The number of alkyl halides is 3. The first kappa shape index (κ1) is 11.4. The lowest BCUT2D eigenvalue weighted by Gasteiger charge is -2.37. The van der Waals surface area contributed by atoms with Crippen LogP contribution in [0.5, 0.6) is 0 Å². The van der Waals surface area contributed by atoms with Crippen LogP contribution in [-0.2, 0) is 19.6 Å². The predicted octanol–water partition coefficient (Wildman–Crippen LogP) is 0.316. The van der Waals surface area contributed by atoms with E-state index >= 15 is 0 Å². The van der Waals surface area contributed by atoms with Gasteiger partial charge in [-0.15, -0.1) is 0 Å². The third kappa shape index (κ3) is 2.05. The summed E-state index contributed by atoms with van der Waals surface area (Å²) in [6, 6.07) is 0. The molecule has 1 fully saturated rings. The maximum atomic E-state index is 12.6. The van der Waals surface area contributed by atoms with E-state index in [1.165, 1.54) is 13.2 Å². The first-order chi connectivity index (χ1) is 7.30. The Balaban J connectivity index is 2.26. The standard InChI is InChI=1S/C9H12F3N3O/c1-15-3-6(2-8(16)4-13-5-8)7(14-15)9(10,11)12/h3,13,16H,2,4-5H2,1H3. The normalized spacial score (nSPS) is 19.6.